The third-order valence-electron chi connectivity index (χ3n) is 4.40. The average Bonchev–Trinajstić information content (AvgIpc) is 3.15. The first-order valence-corrected chi connectivity index (χ1v) is 15.4. The van der Waals surface area contributed by atoms with Crippen LogP contribution in [0.1, 0.15) is 77.6 Å². The van der Waals surface area contributed by atoms with Crippen molar-refractivity contribution in [1.82, 2.24) is 0 Å². The van der Waals surface area contributed by atoms with Crippen LogP contribution in [0, 0.1) is 13.8 Å². The minimum atomic E-state index is 0.222. The van der Waals surface area contributed by atoms with E-state index in [0.29, 0.717) is 10.8 Å². The van der Waals surface area contributed by atoms with Gasteiger partial charge in [-0.2, -0.15) is 46.5 Å². The first-order valence-electron chi connectivity index (χ1n) is 9.85. The summed E-state index contributed by atoms with van der Waals surface area (Å²) in [6.07, 6.45) is 0. The van der Waals surface area contributed by atoms with E-state index < -0.39 is 0 Å². The maximum Gasteiger partial charge on any atom is -0.0635 e. The number of hydrogen-bond donors (Lipinski definition) is 0. The molecule has 0 aliphatic rings. The zero-order valence-electron chi connectivity index (χ0n) is 18.9. The zero-order chi connectivity index (χ0) is 20.5. The summed E-state index contributed by atoms with van der Waals surface area (Å²) in [4.78, 5) is 0. The first kappa shape index (κ1) is 25.8. The second kappa shape index (κ2) is 11.6. The second-order valence-corrected chi connectivity index (χ2v) is 17.0. The van der Waals surface area contributed by atoms with Gasteiger partial charge in [0.25, 0.3) is 0 Å². The third kappa shape index (κ3) is 10.8. The SMILES string of the molecule is CC[Si](=[Zr+2])CC.Cc1cc(C(C)(C)C)c[cH-]1.Cc1cc(C(C)(C)C)c[cH-]1. The van der Waals surface area contributed by atoms with Gasteiger partial charge in [-0.1, -0.05) is 66.2 Å². The van der Waals surface area contributed by atoms with Crippen molar-refractivity contribution in [2.75, 3.05) is 0 Å². The molecule has 0 radical (unpaired) electrons. The molecule has 0 aliphatic carbocycles. The molecule has 0 amide bonds. The Morgan fingerprint density at radius 3 is 1.15 bits per heavy atom. The minimum absolute atomic E-state index is 0.222. The van der Waals surface area contributed by atoms with Crippen LogP contribution in [0.2, 0.25) is 12.1 Å². The topological polar surface area (TPSA) is 0 Å². The standard InChI is InChI=1S/2C10H15.C4H10Si.Zr/c2*1-8-5-6-9(7-8)10(2,3)4;1-3-5-4-2;/h2*5-7H,1-4H3;3-4H2,1-2H3;/q2*-1;;+2. The summed E-state index contributed by atoms with van der Waals surface area (Å²) >= 11 is 1.80. The van der Waals surface area contributed by atoms with Gasteiger partial charge in [0.15, 0.2) is 0 Å². The zero-order valence-corrected chi connectivity index (χ0v) is 22.3. The van der Waals surface area contributed by atoms with Gasteiger partial charge in [0.05, 0.1) is 0 Å². The van der Waals surface area contributed by atoms with Crippen LogP contribution in [0.5, 0.6) is 0 Å². The Hall–Kier alpha value is -0.200. The minimum Gasteiger partial charge on any atom is -0.207 e. The van der Waals surface area contributed by atoms with E-state index in [4.69, 9.17) is 0 Å². The van der Waals surface area contributed by atoms with E-state index >= 15 is 0 Å². The van der Waals surface area contributed by atoms with Crippen molar-refractivity contribution in [3.8, 4) is 0 Å². The number of rotatable bonds is 2. The fourth-order valence-corrected chi connectivity index (χ4v) is 2.81. The third-order valence-corrected chi connectivity index (χ3v) is 11.3. The molecule has 0 heterocycles. The second-order valence-electron chi connectivity index (χ2n) is 9.16. The van der Waals surface area contributed by atoms with Crippen LogP contribution >= 0.6 is 0 Å². The maximum atomic E-state index is 2.30. The average molecular weight is 448 g/mol. The Bertz CT molecular complexity index is 588. The Kier molecular flexibility index (Phi) is 11.5. The largest absolute Gasteiger partial charge is 0.207 e. The van der Waals surface area contributed by atoms with Gasteiger partial charge in [-0.05, 0) is 0 Å². The van der Waals surface area contributed by atoms with Crippen molar-refractivity contribution in [3.63, 3.8) is 0 Å². The van der Waals surface area contributed by atoms with Gasteiger partial charge >= 0.3 is 54.7 Å². The normalized spacial score (nSPS) is 11.2. The van der Waals surface area contributed by atoms with E-state index in [-0.39, 0.29) is 5.43 Å². The molecule has 0 bridgehead atoms. The summed E-state index contributed by atoms with van der Waals surface area (Å²) in [5.74, 6) is 0. The monoisotopic (exact) mass is 446 g/mol. The Morgan fingerprint density at radius 1 is 0.769 bits per heavy atom. The van der Waals surface area contributed by atoms with Gasteiger partial charge in [0, 0.05) is 0 Å². The number of hydrogen-bond acceptors (Lipinski definition) is 0. The summed E-state index contributed by atoms with van der Waals surface area (Å²) in [7, 11) is 0. The molecule has 0 spiro atoms. The Balaban J connectivity index is 0.000000375. The Labute approximate surface area is 178 Å². The molecule has 0 atom stereocenters. The van der Waals surface area contributed by atoms with Crippen LogP contribution in [0.4, 0.5) is 0 Å². The molecule has 0 N–H and O–H groups in total. The smallest absolute Gasteiger partial charge is 0.0635 e. The summed E-state index contributed by atoms with van der Waals surface area (Å²) in [6, 6.07) is 16.2. The molecule has 2 aromatic rings. The quantitative estimate of drug-likeness (QED) is 0.328. The van der Waals surface area contributed by atoms with Crippen molar-refractivity contribution in [2.45, 2.75) is 92.2 Å². The fourth-order valence-electron chi connectivity index (χ4n) is 2.31. The summed E-state index contributed by atoms with van der Waals surface area (Å²) in [5, 5.41) is 0. The molecular formula is C24H40SiZr. The molecule has 0 saturated carbocycles. The summed E-state index contributed by atoms with van der Waals surface area (Å²) in [6.45, 7) is 22.3. The molecule has 26 heavy (non-hydrogen) atoms. The molecular weight excluding hydrogens is 408 g/mol. The summed E-state index contributed by atoms with van der Waals surface area (Å²) < 4.78 is 0. The van der Waals surface area contributed by atoms with Crippen molar-refractivity contribution in [1.29, 1.82) is 0 Å². The van der Waals surface area contributed by atoms with Crippen LogP contribution in [-0.4, -0.2) is 5.43 Å². The van der Waals surface area contributed by atoms with Crippen molar-refractivity contribution in [3.05, 3.63) is 58.7 Å². The predicted octanol–water partition coefficient (Wildman–Crippen LogP) is 7.59. The van der Waals surface area contributed by atoms with Crippen LogP contribution in [0.15, 0.2) is 36.4 Å². The molecule has 0 saturated heterocycles. The predicted molar refractivity (Wildman–Crippen MR) is 118 cm³/mol. The van der Waals surface area contributed by atoms with Gasteiger partial charge in [0.1, 0.15) is 0 Å². The van der Waals surface area contributed by atoms with Crippen LogP contribution in [0.25, 0.3) is 0 Å². The molecule has 0 fully saturated rings. The van der Waals surface area contributed by atoms with E-state index in [1.165, 1.54) is 34.3 Å². The van der Waals surface area contributed by atoms with Crippen LogP contribution in [-0.2, 0) is 34.2 Å². The van der Waals surface area contributed by atoms with Gasteiger partial charge in [-0.25, -0.2) is 12.1 Å². The van der Waals surface area contributed by atoms with Gasteiger partial charge < -0.3 is 0 Å². The maximum absolute atomic E-state index is 2.30. The van der Waals surface area contributed by atoms with E-state index in [0.717, 1.165) is 0 Å². The van der Waals surface area contributed by atoms with Crippen molar-refractivity contribution < 1.29 is 23.3 Å². The van der Waals surface area contributed by atoms with E-state index in [1.807, 2.05) is 0 Å². The van der Waals surface area contributed by atoms with Crippen molar-refractivity contribution >= 4 is 5.43 Å². The van der Waals surface area contributed by atoms with E-state index in [9.17, 15) is 0 Å². The van der Waals surface area contributed by atoms with E-state index in [1.54, 1.807) is 23.3 Å². The molecule has 0 nitrogen and oxygen atoms in total. The van der Waals surface area contributed by atoms with Gasteiger partial charge in [-0.3, -0.25) is 0 Å². The molecule has 0 aliphatic heterocycles. The van der Waals surface area contributed by atoms with Gasteiger partial charge in [-0.15, -0.1) is 0 Å². The Morgan fingerprint density at radius 2 is 1.08 bits per heavy atom. The van der Waals surface area contributed by atoms with Crippen LogP contribution < -0.4 is 0 Å². The van der Waals surface area contributed by atoms with E-state index in [2.05, 4.69) is 106 Å². The molecule has 2 aromatic carbocycles. The molecule has 0 aromatic heterocycles. The molecule has 2 heteroatoms. The fraction of sp³-hybridized carbons (Fsp3) is 0.583. The molecule has 144 valence electrons. The molecule has 0 unspecified atom stereocenters. The first-order chi connectivity index (χ1) is 11.8. The molecule has 2 rings (SSSR count). The van der Waals surface area contributed by atoms with Gasteiger partial charge in [0.2, 0.25) is 0 Å². The van der Waals surface area contributed by atoms with Crippen LogP contribution in [0.3, 0.4) is 0 Å². The number of aryl methyl sites for hydroxylation is 2. The van der Waals surface area contributed by atoms with Crippen molar-refractivity contribution in [2.24, 2.45) is 0 Å². The summed E-state index contributed by atoms with van der Waals surface area (Å²) in [5.41, 5.74) is 6.45.